The summed E-state index contributed by atoms with van der Waals surface area (Å²) < 4.78 is 8.49. The summed E-state index contributed by atoms with van der Waals surface area (Å²) in [5, 5.41) is 1.29. The minimum atomic E-state index is 0.846. The molecule has 4 heteroatoms. The molecule has 28 heavy (non-hydrogen) atoms. The van der Waals surface area contributed by atoms with Gasteiger partial charge in [-0.3, -0.25) is 0 Å². The van der Waals surface area contributed by atoms with Crippen molar-refractivity contribution in [3.63, 3.8) is 0 Å². The molecule has 0 atom stereocenters. The van der Waals surface area contributed by atoms with E-state index in [9.17, 15) is 0 Å². The van der Waals surface area contributed by atoms with Crippen LogP contribution in [0.4, 0.5) is 0 Å². The molecule has 0 unspecified atom stereocenters. The standard InChI is InChI=1S/C24H30N3O/c1-19-20(2)27(13-7-12-26-16-14-25(3)15-17-26)24-11-10-22(18-23(19)24)28-21-8-5-4-6-9-21/h5-6,8-11,18H,7,12-17H2,1-3H3. The van der Waals surface area contributed by atoms with Crippen molar-refractivity contribution in [2.75, 3.05) is 39.8 Å². The van der Waals surface area contributed by atoms with Crippen molar-refractivity contribution < 1.29 is 4.74 Å². The molecule has 2 heterocycles. The fourth-order valence-electron chi connectivity index (χ4n) is 4.08. The van der Waals surface area contributed by atoms with Crippen LogP contribution in [-0.2, 0) is 6.54 Å². The first-order chi connectivity index (χ1) is 13.6. The molecule has 147 valence electrons. The van der Waals surface area contributed by atoms with Crippen LogP contribution in [0, 0.1) is 19.9 Å². The number of aryl methyl sites for hydroxylation is 2. The van der Waals surface area contributed by atoms with Gasteiger partial charge in [0, 0.05) is 49.3 Å². The van der Waals surface area contributed by atoms with Gasteiger partial charge >= 0.3 is 0 Å². The van der Waals surface area contributed by atoms with Crippen LogP contribution in [0.25, 0.3) is 10.9 Å². The summed E-state index contributed by atoms with van der Waals surface area (Å²) >= 11 is 0. The van der Waals surface area contributed by atoms with E-state index in [0.29, 0.717) is 0 Å². The third-order valence-corrected chi connectivity index (χ3v) is 5.99. The van der Waals surface area contributed by atoms with Gasteiger partial charge in [0.2, 0.25) is 0 Å². The number of ether oxygens (including phenoxy) is 1. The fourth-order valence-corrected chi connectivity index (χ4v) is 4.08. The number of rotatable bonds is 6. The number of likely N-dealkylation sites (N-methyl/N-ethyl adjacent to an activating group) is 1. The Bertz CT molecular complexity index is 924. The molecule has 0 saturated carbocycles. The Morgan fingerprint density at radius 2 is 1.68 bits per heavy atom. The first-order valence-electron chi connectivity index (χ1n) is 10.3. The highest BCUT2D eigenvalue weighted by Crippen LogP contribution is 2.31. The van der Waals surface area contributed by atoms with Gasteiger partial charge in [-0.1, -0.05) is 12.1 Å². The van der Waals surface area contributed by atoms with E-state index in [-0.39, 0.29) is 0 Å². The molecule has 0 spiro atoms. The number of nitrogens with zero attached hydrogens (tertiary/aromatic N) is 3. The highest BCUT2D eigenvalue weighted by molar-refractivity contribution is 5.86. The molecule has 1 aliphatic rings. The predicted octanol–water partition coefficient (Wildman–Crippen LogP) is 4.49. The van der Waals surface area contributed by atoms with Gasteiger partial charge in [0.25, 0.3) is 0 Å². The minimum absolute atomic E-state index is 0.846. The van der Waals surface area contributed by atoms with Gasteiger partial charge in [0.05, 0.1) is 0 Å². The van der Waals surface area contributed by atoms with Gasteiger partial charge in [0.15, 0.2) is 0 Å². The van der Waals surface area contributed by atoms with Gasteiger partial charge in [-0.2, -0.15) is 0 Å². The zero-order valence-electron chi connectivity index (χ0n) is 17.2. The van der Waals surface area contributed by atoms with Crippen LogP contribution < -0.4 is 4.74 Å². The largest absolute Gasteiger partial charge is 0.457 e. The average molecular weight is 377 g/mol. The van der Waals surface area contributed by atoms with Crippen molar-refractivity contribution in [3.8, 4) is 11.5 Å². The molecule has 1 saturated heterocycles. The van der Waals surface area contributed by atoms with E-state index >= 15 is 0 Å². The number of aromatic nitrogens is 1. The van der Waals surface area contributed by atoms with Crippen LogP contribution in [0.5, 0.6) is 11.5 Å². The second-order valence-electron chi connectivity index (χ2n) is 7.88. The van der Waals surface area contributed by atoms with Crippen molar-refractivity contribution >= 4 is 10.9 Å². The van der Waals surface area contributed by atoms with Crippen molar-refractivity contribution in [1.82, 2.24) is 14.4 Å². The lowest BCUT2D eigenvalue weighted by Crippen LogP contribution is -2.44. The summed E-state index contributed by atoms with van der Waals surface area (Å²) in [6, 6.07) is 17.1. The molecule has 0 aliphatic carbocycles. The van der Waals surface area contributed by atoms with Crippen molar-refractivity contribution in [3.05, 3.63) is 59.8 Å². The lowest BCUT2D eigenvalue weighted by molar-refractivity contribution is 0.151. The molecule has 0 amide bonds. The Labute approximate surface area is 168 Å². The summed E-state index contributed by atoms with van der Waals surface area (Å²) in [5.41, 5.74) is 4.02. The van der Waals surface area contributed by atoms with Crippen LogP contribution in [0.3, 0.4) is 0 Å². The number of hydrogen-bond acceptors (Lipinski definition) is 3. The highest BCUT2D eigenvalue weighted by Gasteiger charge is 2.15. The molecule has 1 aromatic heterocycles. The second kappa shape index (κ2) is 8.38. The molecule has 1 aliphatic heterocycles. The van der Waals surface area contributed by atoms with Crippen LogP contribution in [0.1, 0.15) is 17.7 Å². The third kappa shape index (κ3) is 4.08. The van der Waals surface area contributed by atoms with E-state index < -0.39 is 0 Å². The summed E-state index contributed by atoms with van der Waals surface area (Å²) in [5.74, 6) is 1.73. The molecule has 2 aromatic carbocycles. The zero-order valence-corrected chi connectivity index (χ0v) is 17.2. The van der Waals surface area contributed by atoms with Crippen molar-refractivity contribution in [2.24, 2.45) is 0 Å². The minimum Gasteiger partial charge on any atom is -0.457 e. The Kier molecular flexibility index (Phi) is 5.69. The Morgan fingerprint density at radius 1 is 0.929 bits per heavy atom. The van der Waals surface area contributed by atoms with Crippen LogP contribution in [0.2, 0.25) is 0 Å². The van der Waals surface area contributed by atoms with Crippen LogP contribution >= 0.6 is 0 Å². The topological polar surface area (TPSA) is 20.6 Å². The quantitative estimate of drug-likeness (QED) is 0.632. The van der Waals surface area contributed by atoms with Crippen molar-refractivity contribution in [2.45, 2.75) is 26.8 Å². The summed E-state index contributed by atoms with van der Waals surface area (Å²) in [4.78, 5) is 5.01. The molecular formula is C24H30N3O. The maximum absolute atomic E-state index is 6.02. The predicted molar refractivity (Wildman–Crippen MR) is 115 cm³/mol. The van der Waals surface area contributed by atoms with Gasteiger partial charge < -0.3 is 19.1 Å². The normalized spacial score (nSPS) is 16.0. The molecular weight excluding hydrogens is 346 g/mol. The smallest absolute Gasteiger partial charge is 0.128 e. The zero-order chi connectivity index (χ0) is 19.5. The average Bonchev–Trinajstić information content (AvgIpc) is 2.95. The summed E-state index contributed by atoms with van der Waals surface area (Å²) in [6.45, 7) is 11.5. The summed E-state index contributed by atoms with van der Waals surface area (Å²) in [7, 11) is 2.21. The lowest BCUT2D eigenvalue weighted by atomic mass is 10.1. The molecule has 3 aromatic rings. The van der Waals surface area contributed by atoms with Gasteiger partial charge in [-0.25, -0.2) is 0 Å². The number of benzene rings is 2. The number of fused-ring (bicyclic) bond motifs is 1. The van der Waals surface area contributed by atoms with Gasteiger partial charge in [-0.05, 0) is 75.8 Å². The fraction of sp³-hybridized carbons (Fsp3) is 0.417. The van der Waals surface area contributed by atoms with E-state index in [1.165, 1.54) is 61.3 Å². The summed E-state index contributed by atoms with van der Waals surface area (Å²) in [6.07, 6.45) is 1.19. The molecule has 1 fully saturated rings. The molecule has 1 radical (unpaired) electrons. The van der Waals surface area contributed by atoms with Crippen LogP contribution in [-0.4, -0.2) is 54.1 Å². The Hall–Kier alpha value is -2.30. The maximum Gasteiger partial charge on any atom is 0.128 e. The Balaban J connectivity index is 1.47. The van der Waals surface area contributed by atoms with E-state index in [0.717, 1.165) is 18.0 Å². The molecule has 4 nitrogen and oxygen atoms in total. The number of piperazine rings is 1. The molecule has 4 rings (SSSR count). The van der Waals surface area contributed by atoms with E-state index in [1.807, 2.05) is 24.3 Å². The molecule has 0 N–H and O–H groups in total. The Morgan fingerprint density at radius 3 is 2.43 bits per heavy atom. The van der Waals surface area contributed by atoms with Gasteiger partial charge in [-0.15, -0.1) is 0 Å². The maximum atomic E-state index is 6.02. The SMILES string of the molecule is Cc1c(C)n(CCCN2CCN(C)CC2)c2ccc(Oc3cc[c]cc3)cc12. The highest BCUT2D eigenvalue weighted by atomic mass is 16.5. The number of hydrogen-bond donors (Lipinski definition) is 0. The van der Waals surface area contributed by atoms with Crippen molar-refractivity contribution in [1.29, 1.82) is 0 Å². The first-order valence-corrected chi connectivity index (χ1v) is 10.3. The van der Waals surface area contributed by atoms with E-state index in [2.05, 4.69) is 59.5 Å². The second-order valence-corrected chi connectivity index (χ2v) is 7.88. The first kappa shape index (κ1) is 19.0. The van der Waals surface area contributed by atoms with E-state index in [4.69, 9.17) is 4.74 Å². The lowest BCUT2D eigenvalue weighted by Gasteiger charge is -2.32. The third-order valence-electron chi connectivity index (χ3n) is 5.99. The van der Waals surface area contributed by atoms with Gasteiger partial charge in [0.1, 0.15) is 11.5 Å². The van der Waals surface area contributed by atoms with Crippen LogP contribution in [0.15, 0.2) is 42.5 Å². The van der Waals surface area contributed by atoms with E-state index in [1.54, 1.807) is 0 Å². The monoisotopic (exact) mass is 376 g/mol. The molecule has 0 bridgehead atoms.